The van der Waals surface area contributed by atoms with E-state index >= 15 is 0 Å². The average Bonchev–Trinajstić information content (AvgIpc) is 2.81. The van der Waals surface area contributed by atoms with Crippen molar-refractivity contribution in [3.8, 4) is 0 Å². The summed E-state index contributed by atoms with van der Waals surface area (Å²) in [5.74, 6) is 0.630. The van der Waals surface area contributed by atoms with Crippen molar-refractivity contribution in [3.05, 3.63) is 65.2 Å². The number of anilines is 1. The van der Waals surface area contributed by atoms with Gasteiger partial charge in [-0.1, -0.05) is 60.4 Å². The largest absolute Gasteiger partial charge is 0.352 e. The molecule has 1 aromatic carbocycles. The summed E-state index contributed by atoms with van der Waals surface area (Å²) in [6.07, 6.45) is 3.56. The van der Waals surface area contributed by atoms with Crippen LogP contribution in [0.3, 0.4) is 0 Å². The second kappa shape index (κ2) is 6.72. The van der Waals surface area contributed by atoms with E-state index in [0.29, 0.717) is 21.7 Å². The van der Waals surface area contributed by atoms with Crippen LogP contribution in [0.15, 0.2) is 59.6 Å². The smallest absolute Gasteiger partial charge is 0.267 e. The van der Waals surface area contributed by atoms with Crippen molar-refractivity contribution in [3.63, 3.8) is 0 Å². The molecule has 0 spiro atoms. The monoisotopic (exact) mass is 327 g/mol. The molecule has 6 heteroatoms. The number of rotatable bonds is 4. The van der Waals surface area contributed by atoms with Gasteiger partial charge in [0.1, 0.15) is 10.1 Å². The molecule has 0 bridgehead atoms. The highest BCUT2D eigenvalue weighted by atomic mass is 32.2. The molecule has 1 N–H and O–H groups in total. The van der Waals surface area contributed by atoms with E-state index in [-0.39, 0.29) is 5.91 Å². The number of hydrogen-bond donors (Lipinski definition) is 1. The van der Waals surface area contributed by atoms with Crippen LogP contribution in [0.5, 0.6) is 0 Å². The van der Waals surface area contributed by atoms with E-state index in [1.807, 2.05) is 54.6 Å². The van der Waals surface area contributed by atoms with Crippen LogP contribution in [0.2, 0.25) is 0 Å². The average molecular weight is 327 g/mol. The highest BCUT2D eigenvalue weighted by Crippen LogP contribution is 2.32. The molecule has 0 aliphatic carbocycles. The van der Waals surface area contributed by atoms with E-state index in [1.54, 1.807) is 11.1 Å². The van der Waals surface area contributed by atoms with Crippen molar-refractivity contribution >= 4 is 46.1 Å². The Morgan fingerprint density at radius 1 is 1.18 bits per heavy atom. The molecule has 1 aromatic heterocycles. The van der Waals surface area contributed by atoms with Crippen molar-refractivity contribution in [1.82, 2.24) is 9.88 Å². The zero-order valence-electron chi connectivity index (χ0n) is 11.6. The lowest BCUT2D eigenvalue weighted by molar-refractivity contribution is -0.121. The number of thioether (sulfide) groups is 1. The van der Waals surface area contributed by atoms with Crippen LogP contribution >= 0.6 is 24.0 Å². The molecule has 0 saturated carbocycles. The molecule has 2 heterocycles. The Morgan fingerprint density at radius 2 is 1.95 bits per heavy atom. The van der Waals surface area contributed by atoms with Crippen LogP contribution in [0.4, 0.5) is 5.82 Å². The summed E-state index contributed by atoms with van der Waals surface area (Å²) in [7, 11) is 0. The Morgan fingerprint density at radius 3 is 2.68 bits per heavy atom. The fourth-order valence-corrected chi connectivity index (χ4v) is 3.22. The minimum atomic E-state index is -0.0812. The predicted molar refractivity (Wildman–Crippen MR) is 94.2 cm³/mol. The second-order valence-corrected chi connectivity index (χ2v) is 6.25. The quantitative estimate of drug-likeness (QED) is 0.689. The van der Waals surface area contributed by atoms with Crippen molar-refractivity contribution < 1.29 is 4.79 Å². The standard InChI is InChI=1S/C16H13N3OS2/c20-15-13(10-12-6-2-1-3-7-12)22-16(21)19(15)11-18-14-8-4-5-9-17-14/h1-10H,11H2,(H,17,18)/b13-10+. The zero-order valence-corrected chi connectivity index (χ0v) is 13.2. The van der Waals surface area contributed by atoms with E-state index in [4.69, 9.17) is 12.2 Å². The van der Waals surface area contributed by atoms with E-state index in [9.17, 15) is 4.79 Å². The summed E-state index contributed by atoms with van der Waals surface area (Å²) in [6.45, 7) is 0.313. The molecular weight excluding hydrogens is 314 g/mol. The minimum Gasteiger partial charge on any atom is -0.352 e. The first-order valence-corrected chi connectivity index (χ1v) is 7.92. The molecule has 4 nitrogen and oxygen atoms in total. The van der Waals surface area contributed by atoms with Gasteiger partial charge >= 0.3 is 0 Å². The van der Waals surface area contributed by atoms with Gasteiger partial charge in [0.25, 0.3) is 5.91 Å². The van der Waals surface area contributed by atoms with E-state index in [1.165, 1.54) is 11.8 Å². The number of nitrogens with one attached hydrogen (secondary N) is 1. The van der Waals surface area contributed by atoms with Gasteiger partial charge in [-0.15, -0.1) is 0 Å². The van der Waals surface area contributed by atoms with Crippen LogP contribution in [0.25, 0.3) is 6.08 Å². The predicted octanol–water partition coefficient (Wildman–Crippen LogP) is 3.35. The third kappa shape index (κ3) is 3.35. The molecule has 3 rings (SSSR count). The van der Waals surface area contributed by atoms with E-state index < -0.39 is 0 Å². The van der Waals surface area contributed by atoms with Gasteiger partial charge in [0.05, 0.1) is 11.6 Å². The zero-order chi connectivity index (χ0) is 15.4. The van der Waals surface area contributed by atoms with Gasteiger partial charge in [0.15, 0.2) is 0 Å². The van der Waals surface area contributed by atoms with E-state index in [2.05, 4.69) is 10.3 Å². The van der Waals surface area contributed by atoms with Gasteiger partial charge in [0.2, 0.25) is 0 Å². The third-order valence-electron chi connectivity index (χ3n) is 3.05. The molecule has 0 atom stereocenters. The molecule has 2 aromatic rings. The maximum Gasteiger partial charge on any atom is 0.267 e. The van der Waals surface area contributed by atoms with Gasteiger partial charge < -0.3 is 5.32 Å². The summed E-state index contributed by atoms with van der Waals surface area (Å²) in [5.41, 5.74) is 0.987. The SMILES string of the molecule is O=C1/C(=C\c2ccccc2)SC(=S)N1CNc1ccccn1. The molecule has 0 radical (unpaired) electrons. The lowest BCUT2D eigenvalue weighted by Gasteiger charge is -2.15. The summed E-state index contributed by atoms with van der Waals surface area (Å²) >= 11 is 6.61. The lowest BCUT2D eigenvalue weighted by Crippen LogP contribution is -2.33. The highest BCUT2D eigenvalue weighted by Gasteiger charge is 2.31. The second-order valence-electron chi connectivity index (χ2n) is 4.57. The van der Waals surface area contributed by atoms with Gasteiger partial charge in [-0.25, -0.2) is 4.98 Å². The van der Waals surface area contributed by atoms with Gasteiger partial charge in [-0.3, -0.25) is 9.69 Å². The molecule has 110 valence electrons. The molecule has 1 amide bonds. The number of carbonyl (C=O) groups is 1. The summed E-state index contributed by atoms with van der Waals surface area (Å²) in [5, 5.41) is 3.10. The number of benzene rings is 1. The lowest BCUT2D eigenvalue weighted by atomic mass is 10.2. The van der Waals surface area contributed by atoms with Crippen LogP contribution in [-0.4, -0.2) is 26.8 Å². The fourth-order valence-electron chi connectivity index (χ4n) is 1.96. The number of thiocarbonyl (C=S) groups is 1. The molecule has 0 unspecified atom stereocenters. The van der Waals surface area contributed by atoms with Gasteiger partial charge in [-0.2, -0.15) is 0 Å². The molecule has 1 aliphatic rings. The van der Waals surface area contributed by atoms with Crippen molar-refractivity contribution in [1.29, 1.82) is 0 Å². The molecule has 1 fully saturated rings. The molecule has 1 saturated heterocycles. The maximum atomic E-state index is 12.4. The van der Waals surface area contributed by atoms with Crippen LogP contribution in [0.1, 0.15) is 5.56 Å². The first-order valence-electron chi connectivity index (χ1n) is 6.69. The van der Waals surface area contributed by atoms with Crippen molar-refractivity contribution in [2.75, 3.05) is 12.0 Å². The molecule has 22 heavy (non-hydrogen) atoms. The number of amides is 1. The van der Waals surface area contributed by atoms with E-state index in [0.717, 1.165) is 5.56 Å². The Kier molecular flexibility index (Phi) is 4.50. The Hall–Kier alpha value is -2.18. The van der Waals surface area contributed by atoms with Crippen molar-refractivity contribution in [2.24, 2.45) is 0 Å². The highest BCUT2D eigenvalue weighted by molar-refractivity contribution is 8.26. The fraction of sp³-hybridized carbons (Fsp3) is 0.0625. The molecule has 1 aliphatic heterocycles. The number of aromatic nitrogens is 1. The first kappa shape index (κ1) is 14.7. The topological polar surface area (TPSA) is 45.2 Å². The minimum absolute atomic E-state index is 0.0812. The van der Waals surface area contributed by atoms with Crippen LogP contribution < -0.4 is 5.32 Å². The number of carbonyl (C=O) groups excluding carboxylic acids is 1. The van der Waals surface area contributed by atoms with Crippen LogP contribution in [0, 0.1) is 0 Å². The Balaban J connectivity index is 1.71. The Bertz CT molecular complexity index is 717. The van der Waals surface area contributed by atoms with Crippen LogP contribution in [-0.2, 0) is 4.79 Å². The summed E-state index contributed by atoms with van der Waals surface area (Å²) in [4.78, 5) is 18.8. The summed E-state index contributed by atoms with van der Waals surface area (Å²) < 4.78 is 0.551. The van der Waals surface area contributed by atoms with Gasteiger partial charge in [0, 0.05) is 6.20 Å². The van der Waals surface area contributed by atoms with Gasteiger partial charge in [-0.05, 0) is 23.8 Å². The number of pyridine rings is 1. The third-order valence-corrected chi connectivity index (χ3v) is 4.43. The number of nitrogens with zero attached hydrogens (tertiary/aromatic N) is 2. The summed E-state index contributed by atoms with van der Waals surface area (Å²) in [6, 6.07) is 15.3. The maximum absolute atomic E-state index is 12.4. The normalized spacial score (nSPS) is 16.4. The van der Waals surface area contributed by atoms with Crippen molar-refractivity contribution in [2.45, 2.75) is 0 Å². The number of hydrogen-bond acceptors (Lipinski definition) is 5. The Labute approximate surface area is 138 Å². The first-order chi connectivity index (χ1) is 10.7. The molecular formula is C16H13N3OS2.